The Morgan fingerprint density at radius 2 is 2.04 bits per heavy atom. The standard InChI is InChI=1S/C14H19N3O6S/c15-10(19)6-16-13(22)14(23)4-7(11(20)8(18)5-14)17-12(21)9-2-1-3-24-9/h1-3,7-8,11,18,20,23H,4-6H2,(H2,15,19)(H,16,22)(H,17,21)/t7-,8+,11+,14-/m0/s1. The first-order chi connectivity index (χ1) is 11.2. The van der Waals surface area contributed by atoms with Crippen LogP contribution in [-0.4, -0.2) is 63.4 Å². The van der Waals surface area contributed by atoms with Crippen molar-refractivity contribution < 1.29 is 29.7 Å². The van der Waals surface area contributed by atoms with Crippen molar-refractivity contribution in [3.63, 3.8) is 0 Å². The van der Waals surface area contributed by atoms with Gasteiger partial charge in [-0.25, -0.2) is 0 Å². The molecule has 1 aliphatic carbocycles. The van der Waals surface area contributed by atoms with Gasteiger partial charge >= 0.3 is 0 Å². The van der Waals surface area contributed by atoms with Gasteiger partial charge in [0, 0.05) is 12.8 Å². The smallest absolute Gasteiger partial charge is 0.261 e. The summed E-state index contributed by atoms with van der Waals surface area (Å²) in [6.07, 6.45) is -3.49. The Bertz CT molecular complexity index is 622. The van der Waals surface area contributed by atoms with Gasteiger partial charge in [-0.05, 0) is 11.4 Å². The Hall–Kier alpha value is -2.01. The van der Waals surface area contributed by atoms with Crippen LogP contribution in [0.5, 0.6) is 0 Å². The lowest BCUT2D eigenvalue weighted by molar-refractivity contribution is -0.158. The minimum absolute atomic E-state index is 0.313. The topological polar surface area (TPSA) is 162 Å². The molecule has 0 aromatic carbocycles. The number of nitrogens with one attached hydrogen (secondary N) is 2. The van der Waals surface area contributed by atoms with Crippen molar-refractivity contribution in [3.05, 3.63) is 22.4 Å². The SMILES string of the molecule is NC(=O)CNC(=O)[C@@]1(O)C[C@@H](O)[C@H](O)[C@@H](NC(=O)c2cccs2)C1. The third kappa shape index (κ3) is 4.09. The molecular formula is C14H19N3O6S. The molecule has 1 saturated carbocycles. The molecule has 1 aromatic rings. The Morgan fingerprint density at radius 3 is 2.62 bits per heavy atom. The molecule has 0 unspecified atom stereocenters. The molecular weight excluding hydrogens is 338 g/mol. The molecule has 0 spiro atoms. The summed E-state index contributed by atoms with van der Waals surface area (Å²) in [6, 6.07) is 2.23. The second-order valence-corrected chi connectivity index (χ2v) is 6.65. The molecule has 1 aliphatic rings. The molecule has 0 saturated heterocycles. The Kier molecular flexibility index (Phi) is 5.54. The van der Waals surface area contributed by atoms with Gasteiger partial charge in [0.15, 0.2) is 0 Å². The molecule has 1 aromatic heterocycles. The lowest BCUT2D eigenvalue weighted by atomic mass is 9.77. The number of carbonyl (C=O) groups is 3. The fourth-order valence-corrected chi connectivity index (χ4v) is 3.23. The second kappa shape index (κ2) is 7.26. The first-order valence-electron chi connectivity index (χ1n) is 7.22. The maximum Gasteiger partial charge on any atom is 0.261 e. The van der Waals surface area contributed by atoms with E-state index in [1.165, 1.54) is 11.3 Å². The fourth-order valence-electron chi connectivity index (χ4n) is 2.60. The van der Waals surface area contributed by atoms with Gasteiger partial charge in [-0.15, -0.1) is 11.3 Å². The van der Waals surface area contributed by atoms with Gasteiger partial charge in [-0.1, -0.05) is 6.07 Å². The number of carbonyl (C=O) groups excluding carboxylic acids is 3. The van der Waals surface area contributed by atoms with Crippen LogP contribution in [0, 0.1) is 0 Å². The van der Waals surface area contributed by atoms with Crippen LogP contribution < -0.4 is 16.4 Å². The summed E-state index contributed by atoms with van der Waals surface area (Å²) >= 11 is 1.19. The van der Waals surface area contributed by atoms with Crippen molar-refractivity contribution in [1.82, 2.24) is 10.6 Å². The predicted octanol–water partition coefficient (Wildman–Crippen LogP) is -2.31. The van der Waals surface area contributed by atoms with Crippen molar-refractivity contribution in [2.75, 3.05) is 6.54 Å². The van der Waals surface area contributed by atoms with E-state index in [2.05, 4.69) is 10.6 Å². The molecule has 1 fully saturated rings. The number of amides is 3. The van der Waals surface area contributed by atoms with Gasteiger partial charge in [0.1, 0.15) is 11.7 Å². The molecule has 7 N–H and O–H groups in total. The lowest BCUT2D eigenvalue weighted by Crippen LogP contribution is -2.63. The van der Waals surface area contributed by atoms with Crippen molar-refractivity contribution in [1.29, 1.82) is 0 Å². The van der Waals surface area contributed by atoms with E-state index >= 15 is 0 Å². The summed E-state index contributed by atoms with van der Waals surface area (Å²) in [4.78, 5) is 35.3. The van der Waals surface area contributed by atoms with E-state index < -0.39 is 54.5 Å². The van der Waals surface area contributed by atoms with Gasteiger partial charge in [0.25, 0.3) is 11.8 Å². The summed E-state index contributed by atoms with van der Waals surface area (Å²) in [5.41, 5.74) is 2.89. The minimum atomic E-state index is -2.04. The van der Waals surface area contributed by atoms with Crippen LogP contribution in [0.15, 0.2) is 17.5 Å². The monoisotopic (exact) mass is 357 g/mol. The number of primary amides is 1. The third-order valence-electron chi connectivity index (χ3n) is 3.82. The summed E-state index contributed by atoms with van der Waals surface area (Å²) in [7, 11) is 0. The average molecular weight is 357 g/mol. The molecule has 0 radical (unpaired) electrons. The normalized spacial score (nSPS) is 29.7. The zero-order valence-electron chi connectivity index (χ0n) is 12.6. The number of nitrogens with two attached hydrogens (primary N) is 1. The Balaban J connectivity index is 2.09. The van der Waals surface area contributed by atoms with Crippen LogP contribution in [0.3, 0.4) is 0 Å². The molecule has 4 atom stereocenters. The van der Waals surface area contributed by atoms with Crippen LogP contribution in [-0.2, 0) is 9.59 Å². The fraction of sp³-hybridized carbons (Fsp3) is 0.500. The number of aliphatic hydroxyl groups excluding tert-OH is 2. The summed E-state index contributed by atoms with van der Waals surface area (Å²) < 4.78 is 0. The van der Waals surface area contributed by atoms with E-state index in [9.17, 15) is 29.7 Å². The lowest BCUT2D eigenvalue weighted by Gasteiger charge is -2.41. The van der Waals surface area contributed by atoms with Gasteiger partial charge in [-0.3, -0.25) is 14.4 Å². The molecule has 1 heterocycles. The van der Waals surface area contributed by atoms with Crippen molar-refractivity contribution in [2.45, 2.75) is 36.7 Å². The second-order valence-electron chi connectivity index (χ2n) is 5.70. The third-order valence-corrected chi connectivity index (χ3v) is 4.69. The number of hydrogen-bond acceptors (Lipinski definition) is 7. The van der Waals surface area contributed by atoms with E-state index in [1.807, 2.05) is 0 Å². The molecule has 10 heteroatoms. The van der Waals surface area contributed by atoms with Crippen LogP contribution in [0.25, 0.3) is 0 Å². The molecule has 9 nitrogen and oxygen atoms in total. The van der Waals surface area contributed by atoms with Crippen molar-refractivity contribution >= 4 is 29.1 Å². The zero-order valence-corrected chi connectivity index (χ0v) is 13.5. The van der Waals surface area contributed by atoms with E-state index in [4.69, 9.17) is 5.73 Å². The van der Waals surface area contributed by atoms with Gasteiger partial charge in [0.05, 0.1) is 23.6 Å². The maximum atomic E-state index is 12.1. The number of aliphatic hydroxyl groups is 3. The molecule has 0 bridgehead atoms. The molecule has 132 valence electrons. The van der Waals surface area contributed by atoms with Crippen LogP contribution in [0.2, 0.25) is 0 Å². The maximum absolute atomic E-state index is 12.1. The van der Waals surface area contributed by atoms with Crippen LogP contribution in [0.4, 0.5) is 0 Å². The first kappa shape index (κ1) is 18.3. The van der Waals surface area contributed by atoms with E-state index in [-0.39, 0.29) is 6.42 Å². The largest absolute Gasteiger partial charge is 0.390 e. The molecule has 0 aliphatic heterocycles. The summed E-state index contributed by atoms with van der Waals surface area (Å²) in [6.45, 7) is -0.466. The summed E-state index contributed by atoms with van der Waals surface area (Å²) in [5.74, 6) is -2.17. The highest BCUT2D eigenvalue weighted by Gasteiger charge is 2.49. The predicted molar refractivity (Wildman–Crippen MR) is 84.0 cm³/mol. The van der Waals surface area contributed by atoms with Gasteiger partial charge in [-0.2, -0.15) is 0 Å². The molecule has 24 heavy (non-hydrogen) atoms. The van der Waals surface area contributed by atoms with Crippen molar-refractivity contribution in [3.8, 4) is 0 Å². The van der Waals surface area contributed by atoms with Crippen LogP contribution >= 0.6 is 11.3 Å². The quantitative estimate of drug-likeness (QED) is 0.347. The minimum Gasteiger partial charge on any atom is -0.390 e. The highest BCUT2D eigenvalue weighted by molar-refractivity contribution is 7.12. The zero-order chi connectivity index (χ0) is 17.9. The highest BCUT2D eigenvalue weighted by atomic mass is 32.1. The highest BCUT2D eigenvalue weighted by Crippen LogP contribution is 2.30. The average Bonchev–Trinajstić information content (AvgIpc) is 3.04. The molecule has 3 amide bonds. The van der Waals surface area contributed by atoms with E-state index in [1.54, 1.807) is 17.5 Å². The summed E-state index contributed by atoms with van der Waals surface area (Å²) in [5, 5.41) is 36.8. The van der Waals surface area contributed by atoms with E-state index in [0.717, 1.165) is 0 Å². The first-order valence-corrected chi connectivity index (χ1v) is 8.10. The Labute approximate surface area is 141 Å². The van der Waals surface area contributed by atoms with Gasteiger partial charge in [0.2, 0.25) is 5.91 Å². The molecule has 2 rings (SSSR count). The number of thiophene rings is 1. The van der Waals surface area contributed by atoms with Crippen molar-refractivity contribution in [2.24, 2.45) is 5.73 Å². The van der Waals surface area contributed by atoms with Crippen LogP contribution in [0.1, 0.15) is 22.5 Å². The van der Waals surface area contributed by atoms with Gasteiger partial charge < -0.3 is 31.7 Å². The number of rotatable bonds is 5. The van der Waals surface area contributed by atoms with E-state index in [0.29, 0.717) is 4.88 Å². The Morgan fingerprint density at radius 1 is 1.33 bits per heavy atom. The number of hydrogen-bond donors (Lipinski definition) is 6.